The maximum absolute atomic E-state index is 11.0. The van der Waals surface area contributed by atoms with Crippen LogP contribution in [0, 0.1) is 0 Å². The predicted molar refractivity (Wildman–Crippen MR) is 55.3 cm³/mol. The Bertz CT molecular complexity index is 348. The van der Waals surface area contributed by atoms with Crippen molar-refractivity contribution in [3.05, 3.63) is 23.9 Å². The Morgan fingerprint density at radius 2 is 2.21 bits per heavy atom. The molecule has 0 spiro atoms. The Morgan fingerprint density at radius 3 is 2.79 bits per heavy atom. The fourth-order valence-corrected chi connectivity index (χ4v) is 1.28. The highest BCUT2D eigenvalue weighted by Gasteiger charge is 2.06. The lowest BCUT2D eigenvalue weighted by atomic mass is 10.1. The molecule has 3 heteroatoms. The predicted octanol–water partition coefficient (Wildman–Crippen LogP) is 1.84. The molecule has 0 atom stereocenters. The van der Waals surface area contributed by atoms with Gasteiger partial charge < -0.3 is 0 Å². The van der Waals surface area contributed by atoms with E-state index in [0.29, 0.717) is 12.8 Å². The van der Waals surface area contributed by atoms with Crippen LogP contribution < -0.4 is 0 Å². The molecular formula is C11H13NO2. The molecule has 1 aliphatic carbocycles. The van der Waals surface area contributed by atoms with Crippen molar-refractivity contribution in [2.45, 2.75) is 26.7 Å². The van der Waals surface area contributed by atoms with Crippen LogP contribution in [0.25, 0.3) is 0 Å². The lowest BCUT2D eigenvalue weighted by Crippen LogP contribution is -2.03. The largest absolute Gasteiger partial charge is 0.300 e. The quantitative estimate of drug-likeness (QED) is 0.639. The Kier molecular flexibility index (Phi) is 3.51. The van der Waals surface area contributed by atoms with Gasteiger partial charge in [-0.05, 0) is 26.0 Å². The van der Waals surface area contributed by atoms with Crippen LogP contribution in [0.2, 0.25) is 0 Å². The first-order valence-electron chi connectivity index (χ1n) is 4.51. The summed E-state index contributed by atoms with van der Waals surface area (Å²) >= 11 is 0. The van der Waals surface area contributed by atoms with Crippen LogP contribution in [0.1, 0.15) is 26.7 Å². The number of carbonyl (C=O) groups excluding carboxylic acids is 2. The summed E-state index contributed by atoms with van der Waals surface area (Å²) in [6.07, 6.45) is 5.71. The molecule has 0 amide bonds. The molecule has 0 unspecified atom stereocenters. The number of carbonyl (C=O) groups is 2. The summed E-state index contributed by atoms with van der Waals surface area (Å²) in [5, 5.41) is 0. The molecule has 0 aliphatic heterocycles. The molecule has 1 aliphatic rings. The van der Waals surface area contributed by atoms with Crippen molar-refractivity contribution < 1.29 is 9.59 Å². The number of ketones is 2. The van der Waals surface area contributed by atoms with Crippen molar-refractivity contribution in [3.8, 4) is 0 Å². The minimum atomic E-state index is 0.0573. The van der Waals surface area contributed by atoms with Crippen molar-refractivity contribution in [3.63, 3.8) is 0 Å². The number of aliphatic imine (C=N–C) groups is 1. The normalized spacial score (nSPS) is 16.9. The molecule has 0 bridgehead atoms. The van der Waals surface area contributed by atoms with Gasteiger partial charge in [0.1, 0.15) is 5.78 Å². The average Bonchev–Trinajstić information content (AvgIpc) is 2.01. The smallest absolute Gasteiger partial charge is 0.161 e. The molecule has 3 nitrogen and oxygen atoms in total. The molecule has 14 heavy (non-hydrogen) atoms. The summed E-state index contributed by atoms with van der Waals surface area (Å²) in [7, 11) is 0. The highest BCUT2D eigenvalue weighted by molar-refractivity contribution is 6.00. The SMILES string of the molecule is CC(=O)CC(C)=NC1=CC=CC(=O)C1. The molecule has 0 N–H and O–H groups in total. The van der Waals surface area contributed by atoms with Crippen LogP contribution in [-0.4, -0.2) is 17.3 Å². The number of hydrogen-bond donors (Lipinski definition) is 0. The van der Waals surface area contributed by atoms with Gasteiger partial charge in [0.25, 0.3) is 0 Å². The topological polar surface area (TPSA) is 46.5 Å². The van der Waals surface area contributed by atoms with Crippen LogP contribution in [0.3, 0.4) is 0 Å². The molecule has 1 rings (SSSR count). The van der Waals surface area contributed by atoms with Gasteiger partial charge in [-0.25, -0.2) is 0 Å². The second-order valence-electron chi connectivity index (χ2n) is 3.39. The zero-order valence-electron chi connectivity index (χ0n) is 8.41. The molecule has 0 aromatic rings. The van der Waals surface area contributed by atoms with E-state index in [0.717, 1.165) is 11.4 Å². The van der Waals surface area contributed by atoms with Crippen LogP contribution in [0.15, 0.2) is 28.9 Å². The van der Waals surface area contributed by atoms with Crippen molar-refractivity contribution in [1.29, 1.82) is 0 Å². The first-order chi connectivity index (χ1) is 6.58. The third-order valence-electron chi connectivity index (χ3n) is 1.77. The molecule has 0 radical (unpaired) electrons. The highest BCUT2D eigenvalue weighted by Crippen LogP contribution is 2.11. The van der Waals surface area contributed by atoms with Gasteiger partial charge in [-0.1, -0.05) is 6.08 Å². The number of allylic oxidation sites excluding steroid dienone is 4. The second kappa shape index (κ2) is 4.65. The van der Waals surface area contributed by atoms with Gasteiger partial charge in [-0.3, -0.25) is 14.6 Å². The molecular weight excluding hydrogens is 178 g/mol. The van der Waals surface area contributed by atoms with E-state index in [1.807, 2.05) is 0 Å². The van der Waals surface area contributed by atoms with E-state index in [2.05, 4.69) is 4.99 Å². The summed E-state index contributed by atoms with van der Waals surface area (Å²) < 4.78 is 0. The Balaban J connectivity index is 2.67. The summed E-state index contributed by atoms with van der Waals surface area (Å²) in [4.78, 5) is 26.0. The van der Waals surface area contributed by atoms with E-state index in [1.165, 1.54) is 13.0 Å². The Labute approximate surface area is 83.2 Å². The number of rotatable bonds is 3. The van der Waals surface area contributed by atoms with Gasteiger partial charge in [-0.2, -0.15) is 0 Å². The average molecular weight is 191 g/mol. The third-order valence-corrected chi connectivity index (χ3v) is 1.77. The van der Waals surface area contributed by atoms with E-state index in [-0.39, 0.29) is 11.6 Å². The van der Waals surface area contributed by atoms with E-state index >= 15 is 0 Å². The van der Waals surface area contributed by atoms with E-state index in [4.69, 9.17) is 0 Å². The van der Waals surface area contributed by atoms with Crippen molar-refractivity contribution >= 4 is 17.3 Å². The zero-order valence-corrected chi connectivity index (χ0v) is 8.41. The molecule has 0 aromatic carbocycles. The summed E-state index contributed by atoms with van der Waals surface area (Å²) in [5.74, 6) is 0.145. The maximum atomic E-state index is 11.0. The van der Waals surface area contributed by atoms with Gasteiger partial charge in [-0.15, -0.1) is 0 Å². The third kappa shape index (κ3) is 3.47. The fraction of sp³-hybridized carbons (Fsp3) is 0.364. The van der Waals surface area contributed by atoms with Crippen LogP contribution in [-0.2, 0) is 9.59 Å². The van der Waals surface area contributed by atoms with Gasteiger partial charge in [0.2, 0.25) is 0 Å². The van der Waals surface area contributed by atoms with Crippen LogP contribution >= 0.6 is 0 Å². The van der Waals surface area contributed by atoms with Crippen molar-refractivity contribution in [2.75, 3.05) is 0 Å². The van der Waals surface area contributed by atoms with E-state index in [9.17, 15) is 9.59 Å². The Hall–Kier alpha value is -1.51. The van der Waals surface area contributed by atoms with Crippen LogP contribution in [0.5, 0.6) is 0 Å². The Morgan fingerprint density at radius 1 is 1.50 bits per heavy atom. The molecule has 0 heterocycles. The lowest BCUT2D eigenvalue weighted by Gasteiger charge is -2.04. The van der Waals surface area contributed by atoms with Crippen LogP contribution in [0.4, 0.5) is 0 Å². The van der Waals surface area contributed by atoms with Gasteiger partial charge >= 0.3 is 0 Å². The zero-order chi connectivity index (χ0) is 10.6. The molecule has 0 fully saturated rings. The molecule has 0 saturated heterocycles. The van der Waals surface area contributed by atoms with E-state index in [1.54, 1.807) is 19.1 Å². The standard InChI is InChI=1S/C11H13NO2/c1-8(6-9(2)13)12-10-4-3-5-11(14)7-10/h3-5H,6-7H2,1-2H3. The second-order valence-corrected chi connectivity index (χ2v) is 3.39. The van der Waals surface area contributed by atoms with Crippen molar-refractivity contribution in [2.24, 2.45) is 4.99 Å². The minimum absolute atomic E-state index is 0.0573. The lowest BCUT2D eigenvalue weighted by molar-refractivity contribution is -0.116. The first kappa shape index (κ1) is 10.6. The van der Waals surface area contributed by atoms with Gasteiger partial charge in [0.05, 0.1) is 6.42 Å². The summed E-state index contributed by atoms with van der Waals surface area (Å²) in [6.45, 7) is 3.32. The van der Waals surface area contributed by atoms with Gasteiger partial charge in [0, 0.05) is 17.8 Å². The number of hydrogen-bond acceptors (Lipinski definition) is 3. The molecule has 0 saturated carbocycles. The number of Topliss-reactive ketones (excluding diaryl/α,β-unsaturated/α-hetero) is 1. The summed E-state index contributed by atoms with van der Waals surface area (Å²) in [6, 6.07) is 0. The minimum Gasteiger partial charge on any atom is -0.300 e. The molecule has 74 valence electrons. The first-order valence-corrected chi connectivity index (χ1v) is 4.51. The monoisotopic (exact) mass is 191 g/mol. The highest BCUT2D eigenvalue weighted by atomic mass is 16.1. The fourth-order valence-electron chi connectivity index (χ4n) is 1.28. The van der Waals surface area contributed by atoms with E-state index < -0.39 is 0 Å². The van der Waals surface area contributed by atoms with Gasteiger partial charge in [0.15, 0.2) is 5.78 Å². The maximum Gasteiger partial charge on any atom is 0.161 e. The molecule has 0 aromatic heterocycles. The van der Waals surface area contributed by atoms with Crippen molar-refractivity contribution in [1.82, 2.24) is 0 Å². The number of nitrogens with zero attached hydrogens (tertiary/aromatic N) is 1. The summed E-state index contributed by atoms with van der Waals surface area (Å²) in [5.41, 5.74) is 1.49.